The number of hydrogen-bond donors (Lipinski definition) is 1. The third kappa shape index (κ3) is 2.99. The lowest BCUT2D eigenvalue weighted by Gasteiger charge is -2.28. The van der Waals surface area contributed by atoms with Crippen LogP contribution in [0.1, 0.15) is 24.4 Å². The summed E-state index contributed by atoms with van der Waals surface area (Å²) in [5, 5.41) is 0. The number of nitrogens with zero attached hydrogens (tertiary/aromatic N) is 1. The van der Waals surface area contributed by atoms with E-state index in [0.717, 1.165) is 26.1 Å². The first-order valence-electron chi connectivity index (χ1n) is 6.29. The van der Waals surface area contributed by atoms with E-state index in [0.29, 0.717) is 5.92 Å². The molecule has 3 nitrogen and oxygen atoms in total. The standard InChI is InChI=1S/C14H22N2O/c1-16(2)13-5-3-4-12(10-13)14(15)11-6-8-17-9-7-11/h3-5,10-11,14H,6-9,15H2,1-2H3. The molecule has 1 aliphatic rings. The van der Waals surface area contributed by atoms with Gasteiger partial charge in [-0.3, -0.25) is 0 Å². The molecule has 0 radical (unpaired) electrons. The van der Waals surface area contributed by atoms with E-state index in [2.05, 4.69) is 43.3 Å². The van der Waals surface area contributed by atoms with Gasteiger partial charge in [-0.25, -0.2) is 0 Å². The predicted octanol–water partition coefficient (Wildman–Crippen LogP) is 2.18. The van der Waals surface area contributed by atoms with Gasteiger partial charge in [0.1, 0.15) is 0 Å². The third-order valence-electron chi connectivity index (χ3n) is 3.55. The summed E-state index contributed by atoms with van der Waals surface area (Å²) in [5.74, 6) is 0.557. The van der Waals surface area contributed by atoms with Crippen molar-refractivity contribution in [2.24, 2.45) is 11.7 Å². The number of rotatable bonds is 3. The molecule has 1 aromatic rings. The molecule has 1 aromatic carbocycles. The predicted molar refractivity (Wildman–Crippen MR) is 71.2 cm³/mol. The van der Waals surface area contributed by atoms with Gasteiger partial charge < -0.3 is 15.4 Å². The SMILES string of the molecule is CN(C)c1cccc(C(N)C2CCOCC2)c1. The Bertz CT molecular complexity index is 359. The molecule has 1 saturated heterocycles. The fraction of sp³-hybridized carbons (Fsp3) is 0.571. The second-order valence-corrected chi connectivity index (χ2v) is 4.96. The van der Waals surface area contributed by atoms with E-state index < -0.39 is 0 Å². The average molecular weight is 234 g/mol. The van der Waals surface area contributed by atoms with Gasteiger partial charge in [0.25, 0.3) is 0 Å². The number of nitrogens with two attached hydrogens (primary N) is 1. The van der Waals surface area contributed by atoms with E-state index in [-0.39, 0.29) is 6.04 Å². The van der Waals surface area contributed by atoms with E-state index in [1.807, 2.05) is 0 Å². The van der Waals surface area contributed by atoms with Crippen molar-refractivity contribution in [3.63, 3.8) is 0 Å². The first kappa shape index (κ1) is 12.4. The highest BCUT2D eigenvalue weighted by atomic mass is 16.5. The third-order valence-corrected chi connectivity index (χ3v) is 3.55. The molecule has 0 aliphatic carbocycles. The first-order valence-corrected chi connectivity index (χ1v) is 6.29. The maximum atomic E-state index is 6.36. The normalized spacial score (nSPS) is 19.0. The summed E-state index contributed by atoms with van der Waals surface area (Å²) < 4.78 is 5.38. The Morgan fingerprint density at radius 2 is 2.00 bits per heavy atom. The number of benzene rings is 1. The summed E-state index contributed by atoms with van der Waals surface area (Å²) in [6.07, 6.45) is 2.15. The average Bonchev–Trinajstić information content (AvgIpc) is 2.39. The van der Waals surface area contributed by atoms with Crippen molar-refractivity contribution in [3.05, 3.63) is 29.8 Å². The summed E-state index contributed by atoms with van der Waals surface area (Å²) in [6, 6.07) is 8.66. The monoisotopic (exact) mass is 234 g/mol. The van der Waals surface area contributed by atoms with Crippen LogP contribution in [0.15, 0.2) is 24.3 Å². The zero-order valence-corrected chi connectivity index (χ0v) is 10.7. The van der Waals surface area contributed by atoms with Crippen molar-refractivity contribution in [1.29, 1.82) is 0 Å². The van der Waals surface area contributed by atoms with Crippen LogP contribution in [0, 0.1) is 5.92 Å². The molecule has 1 aliphatic heterocycles. The fourth-order valence-corrected chi connectivity index (χ4v) is 2.36. The molecule has 2 rings (SSSR count). The molecule has 0 saturated carbocycles. The van der Waals surface area contributed by atoms with Crippen molar-refractivity contribution in [1.82, 2.24) is 0 Å². The highest BCUT2D eigenvalue weighted by Gasteiger charge is 2.22. The molecule has 2 N–H and O–H groups in total. The van der Waals surface area contributed by atoms with Gasteiger partial charge in [0.2, 0.25) is 0 Å². The van der Waals surface area contributed by atoms with Crippen molar-refractivity contribution < 1.29 is 4.74 Å². The number of hydrogen-bond acceptors (Lipinski definition) is 3. The minimum atomic E-state index is 0.138. The molecule has 1 fully saturated rings. The van der Waals surface area contributed by atoms with Crippen LogP contribution in [0.2, 0.25) is 0 Å². The van der Waals surface area contributed by atoms with Crippen LogP contribution in [0.3, 0.4) is 0 Å². The van der Waals surface area contributed by atoms with Crippen LogP contribution in [0.4, 0.5) is 5.69 Å². The zero-order chi connectivity index (χ0) is 12.3. The highest BCUT2D eigenvalue weighted by Crippen LogP contribution is 2.29. The summed E-state index contributed by atoms with van der Waals surface area (Å²) in [7, 11) is 4.11. The second-order valence-electron chi connectivity index (χ2n) is 4.96. The Kier molecular flexibility index (Phi) is 4.02. The lowest BCUT2D eigenvalue weighted by atomic mass is 9.87. The van der Waals surface area contributed by atoms with E-state index >= 15 is 0 Å². The molecule has 17 heavy (non-hydrogen) atoms. The molecule has 3 heteroatoms. The highest BCUT2D eigenvalue weighted by molar-refractivity contribution is 5.47. The Balaban J connectivity index is 2.12. The number of ether oxygens (including phenoxy) is 1. The van der Waals surface area contributed by atoms with E-state index in [4.69, 9.17) is 10.5 Å². The molecular weight excluding hydrogens is 212 g/mol. The maximum Gasteiger partial charge on any atom is 0.0469 e. The fourth-order valence-electron chi connectivity index (χ4n) is 2.36. The molecule has 1 unspecified atom stereocenters. The number of anilines is 1. The summed E-state index contributed by atoms with van der Waals surface area (Å²) in [4.78, 5) is 2.11. The zero-order valence-electron chi connectivity index (χ0n) is 10.7. The van der Waals surface area contributed by atoms with Gasteiger partial charge >= 0.3 is 0 Å². The Hall–Kier alpha value is -1.06. The van der Waals surface area contributed by atoms with Crippen LogP contribution in [0.25, 0.3) is 0 Å². The van der Waals surface area contributed by atoms with Crippen LogP contribution < -0.4 is 10.6 Å². The van der Waals surface area contributed by atoms with E-state index in [1.165, 1.54) is 11.3 Å². The van der Waals surface area contributed by atoms with Crippen molar-refractivity contribution >= 4 is 5.69 Å². The Labute approximate surface area is 104 Å². The van der Waals surface area contributed by atoms with Gasteiger partial charge in [-0.2, -0.15) is 0 Å². The van der Waals surface area contributed by atoms with Gasteiger partial charge in [0, 0.05) is 39.0 Å². The van der Waals surface area contributed by atoms with E-state index in [9.17, 15) is 0 Å². The molecular formula is C14H22N2O. The molecule has 0 amide bonds. The molecule has 0 spiro atoms. The summed E-state index contributed by atoms with van der Waals surface area (Å²) >= 11 is 0. The van der Waals surface area contributed by atoms with Crippen LogP contribution >= 0.6 is 0 Å². The van der Waals surface area contributed by atoms with Crippen molar-refractivity contribution in [3.8, 4) is 0 Å². The van der Waals surface area contributed by atoms with Crippen molar-refractivity contribution in [2.75, 3.05) is 32.2 Å². The second kappa shape index (κ2) is 5.52. The minimum absolute atomic E-state index is 0.138. The Morgan fingerprint density at radius 3 is 2.65 bits per heavy atom. The quantitative estimate of drug-likeness (QED) is 0.871. The molecule has 1 heterocycles. The largest absolute Gasteiger partial charge is 0.381 e. The Morgan fingerprint density at radius 1 is 1.29 bits per heavy atom. The molecule has 94 valence electrons. The smallest absolute Gasteiger partial charge is 0.0469 e. The van der Waals surface area contributed by atoms with Gasteiger partial charge in [0.05, 0.1) is 0 Å². The summed E-state index contributed by atoms with van der Waals surface area (Å²) in [6.45, 7) is 1.71. The maximum absolute atomic E-state index is 6.36. The molecule has 1 atom stereocenters. The van der Waals surface area contributed by atoms with Crippen LogP contribution in [0.5, 0.6) is 0 Å². The lowest BCUT2D eigenvalue weighted by molar-refractivity contribution is 0.0584. The summed E-state index contributed by atoms with van der Waals surface area (Å²) in [5.41, 5.74) is 8.82. The topological polar surface area (TPSA) is 38.5 Å². The molecule has 0 aromatic heterocycles. The lowest BCUT2D eigenvalue weighted by Crippen LogP contribution is -2.27. The van der Waals surface area contributed by atoms with Gasteiger partial charge in [0.15, 0.2) is 0 Å². The van der Waals surface area contributed by atoms with Gasteiger partial charge in [-0.1, -0.05) is 12.1 Å². The van der Waals surface area contributed by atoms with Gasteiger partial charge in [-0.15, -0.1) is 0 Å². The van der Waals surface area contributed by atoms with Crippen LogP contribution in [-0.4, -0.2) is 27.3 Å². The molecule has 0 bridgehead atoms. The minimum Gasteiger partial charge on any atom is -0.381 e. The van der Waals surface area contributed by atoms with Crippen molar-refractivity contribution in [2.45, 2.75) is 18.9 Å². The first-order chi connectivity index (χ1) is 8.18. The van der Waals surface area contributed by atoms with Crippen LogP contribution in [-0.2, 0) is 4.74 Å². The van der Waals surface area contributed by atoms with Gasteiger partial charge in [-0.05, 0) is 36.5 Å². The van der Waals surface area contributed by atoms with E-state index in [1.54, 1.807) is 0 Å².